The summed E-state index contributed by atoms with van der Waals surface area (Å²) in [6, 6.07) is 8.57. The molecule has 2 aromatic rings. The standard InChI is InChI=1S/C16H14ClF2NO3S/c17-15-9-13(19)2-1-11(15)10-24(22,23)8-7-16(21)20-14-5-3-12(18)4-6-14/h1-6,9H,7-8,10H2,(H,20,21). The summed E-state index contributed by atoms with van der Waals surface area (Å²) in [5.74, 6) is -2.26. The summed E-state index contributed by atoms with van der Waals surface area (Å²) in [6.45, 7) is 0. The number of benzene rings is 2. The van der Waals surface area contributed by atoms with E-state index in [1.54, 1.807) is 0 Å². The van der Waals surface area contributed by atoms with Crippen molar-refractivity contribution < 1.29 is 22.0 Å². The number of hydrogen-bond donors (Lipinski definition) is 1. The highest BCUT2D eigenvalue weighted by Crippen LogP contribution is 2.20. The molecule has 1 N–H and O–H groups in total. The van der Waals surface area contributed by atoms with Crippen LogP contribution in [0.15, 0.2) is 42.5 Å². The molecule has 0 aliphatic carbocycles. The van der Waals surface area contributed by atoms with Gasteiger partial charge in [0, 0.05) is 17.1 Å². The maximum Gasteiger partial charge on any atom is 0.225 e. The van der Waals surface area contributed by atoms with Gasteiger partial charge < -0.3 is 5.32 Å². The smallest absolute Gasteiger partial charge is 0.225 e. The predicted molar refractivity (Wildman–Crippen MR) is 88.5 cm³/mol. The van der Waals surface area contributed by atoms with Crippen molar-refractivity contribution in [2.24, 2.45) is 0 Å². The van der Waals surface area contributed by atoms with Crippen LogP contribution in [0.25, 0.3) is 0 Å². The van der Waals surface area contributed by atoms with Crippen molar-refractivity contribution in [1.29, 1.82) is 0 Å². The topological polar surface area (TPSA) is 63.2 Å². The molecule has 8 heteroatoms. The van der Waals surface area contributed by atoms with E-state index in [9.17, 15) is 22.0 Å². The maximum absolute atomic E-state index is 13.0. The predicted octanol–water partition coefficient (Wildman–Crippen LogP) is 3.56. The highest BCUT2D eigenvalue weighted by molar-refractivity contribution is 7.90. The van der Waals surface area contributed by atoms with E-state index in [1.165, 1.54) is 30.3 Å². The fraction of sp³-hybridized carbons (Fsp3) is 0.188. The molecule has 0 spiro atoms. The molecule has 0 unspecified atom stereocenters. The second-order valence-electron chi connectivity index (χ2n) is 5.13. The van der Waals surface area contributed by atoms with Gasteiger partial charge in [0.1, 0.15) is 11.6 Å². The van der Waals surface area contributed by atoms with Crippen molar-refractivity contribution in [3.63, 3.8) is 0 Å². The molecule has 1 amide bonds. The van der Waals surface area contributed by atoms with Gasteiger partial charge in [-0.3, -0.25) is 4.79 Å². The average molecular weight is 374 g/mol. The van der Waals surface area contributed by atoms with Crippen LogP contribution in [0.4, 0.5) is 14.5 Å². The van der Waals surface area contributed by atoms with E-state index in [1.807, 2.05) is 0 Å². The fourth-order valence-corrected chi connectivity index (χ4v) is 3.63. The molecule has 4 nitrogen and oxygen atoms in total. The molecule has 0 atom stereocenters. The lowest BCUT2D eigenvalue weighted by atomic mass is 10.2. The first-order valence-electron chi connectivity index (χ1n) is 6.95. The van der Waals surface area contributed by atoms with Crippen LogP contribution >= 0.6 is 11.6 Å². The van der Waals surface area contributed by atoms with Crippen LogP contribution in [0.2, 0.25) is 5.02 Å². The summed E-state index contributed by atoms with van der Waals surface area (Å²) >= 11 is 5.80. The molecule has 24 heavy (non-hydrogen) atoms. The molecule has 0 radical (unpaired) electrons. The van der Waals surface area contributed by atoms with E-state index in [0.29, 0.717) is 5.69 Å². The zero-order valence-electron chi connectivity index (χ0n) is 12.4. The van der Waals surface area contributed by atoms with E-state index < -0.39 is 27.4 Å². The van der Waals surface area contributed by atoms with Crippen LogP contribution in [-0.2, 0) is 20.4 Å². The molecular weight excluding hydrogens is 360 g/mol. The first-order valence-corrected chi connectivity index (χ1v) is 9.15. The lowest BCUT2D eigenvalue weighted by Gasteiger charge is -2.08. The third kappa shape index (κ3) is 5.58. The minimum atomic E-state index is -3.59. The van der Waals surface area contributed by atoms with Crippen LogP contribution in [0.5, 0.6) is 0 Å². The van der Waals surface area contributed by atoms with Gasteiger partial charge in [-0.1, -0.05) is 17.7 Å². The number of sulfone groups is 1. The summed E-state index contributed by atoms with van der Waals surface area (Å²) in [5.41, 5.74) is 0.650. The lowest BCUT2D eigenvalue weighted by molar-refractivity contribution is -0.115. The van der Waals surface area contributed by atoms with Crippen LogP contribution in [0.3, 0.4) is 0 Å². The second kappa shape index (κ2) is 7.72. The quantitative estimate of drug-likeness (QED) is 0.842. The normalized spacial score (nSPS) is 11.3. The Morgan fingerprint density at radius 1 is 1.04 bits per heavy atom. The number of amides is 1. The van der Waals surface area contributed by atoms with Crippen molar-refractivity contribution in [2.45, 2.75) is 12.2 Å². The Morgan fingerprint density at radius 3 is 2.29 bits per heavy atom. The van der Waals surface area contributed by atoms with Gasteiger partial charge in [-0.25, -0.2) is 17.2 Å². The molecule has 0 aromatic heterocycles. The Bertz CT molecular complexity index is 839. The number of anilines is 1. The van der Waals surface area contributed by atoms with Gasteiger partial charge in [-0.15, -0.1) is 0 Å². The van der Waals surface area contributed by atoms with Gasteiger partial charge in [0.05, 0.1) is 11.5 Å². The van der Waals surface area contributed by atoms with E-state index in [4.69, 9.17) is 11.6 Å². The molecule has 2 aromatic carbocycles. The van der Waals surface area contributed by atoms with Gasteiger partial charge in [0.15, 0.2) is 9.84 Å². The Balaban J connectivity index is 1.92. The Morgan fingerprint density at radius 2 is 1.67 bits per heavy atom. The number of carbonyl (C=O) groups is 1. The molecule has 0 saturated carbocycles. The van der Waals surface area contributed by atoms with Crippen molar-refractivity contribution in [2.75, 3.05) is 11.1 Å². The van der Waals surface area contributed by atoms with Crippen molar-refractivity contribution in [1.82, 2.24) is 0 Å². The van der Waals surface area contributed by atoms with Crippen LogP contribution in [0, 0.1) is 11.6 Å². The molecule has 128 valence electrons. The molecular formula is C16H14ClF2NO3S. The second-order valence-corrected chi connectivity index (χ2v) is 7.72. The van der Waals surface area contributed by atoms with E-state index >= 15 is 0 Å². The maximum atomic E-state index is 13.0. The molecule has 0 aliphatic heterocycles. The molecule has 0 aliphatic rings. The molecule has 0 saturated heterocycles. The summed E-state index contributed by atoms with van der Waals surface area (Å²) in [7, 11) is -3.59. The monoisotopic (exact) mass is 373 g/mol. The van der Waals surface area contributed by atoms with Crippen molar-refractivity contribution in [3.05, 3.63) is 64.7 Å². The first-order chi connectivity index (χ1) is 11.2. The SMILES string of the molecule is O=C(CCS(=O)(=O)Cc1ccc(F)cc1Cl)Nc1ccc(F)cc1. The number of rotatable bonds is 6. The van der Waals surface area contributed by atoms with Gasteiger partial charge in [-0.2, -0.15) is 0 Å². The number of carbonyl (C=O) groups excluding carboxylic acids is 1. The van der Waals surface area contributed by atoms with Gasteiger partial charge in [-0.05, 0) is 42.0 Å². The van der Waals surface area contributed by atoms with Gasteiger partial charge >= 0.3 is 0 Å². The molecule has 0 bridgehead atoms. The minimum Gasteiger partial charge on any atom is -0.326 e. The molecule has 2 rings (SSSR count). The van der Waals surface area contributed by atoms with Gasteiger partial charge in [0.2, 0.25) is 5.91 Å². The fourth-order valence-electron chi connectivity index (χ4n) is 1.95. The zero-order chi connectivity index (χ0) is 17.7. The van der Waals surface area contributed by atoms with Crippen molar-refractivity contribution in [3.8, 4) is 0 Å². The van der Waals surface area contributed by atoms with E-state index in [2.05, 4.69) is 5.32 Å². The Labute approximate surface area is 143 Å². The molecule has 0 fully saturated rings. The van der Waals surface area contributed by atoms with Crippen LogP contribution in [-0.4, -0.2) is 20.1 Å². The summed E-state index contributed by atoms with van der Waals surface area (Å²) < 4.78 is 49.8. The largest absolute Gasteiger partial charge is 0.326 e. The summed E-state index contributed by atoms with van der Waals surface area (Å²) in [6.07, 6.45) is -0.251. The number of nitrogens with one attached hydrogen (secondary N) is 1. The number of halogens is 3. The van der Waals surface area contributed by atoms with E-state index in [-0.39, 0.29) is 28.5 Å². The first kappa shape index (κ1) is 18.4. The highest BCUT2D eigenvalue weighted by atomic mass is 35.5. The van der Waals surface area contributed by atoms with Gasteiger partial charge in [0.25, 0.3) is 0 Å². The third-order valence-electron chi connectivity index (χ3n) is 3.16. The zero-order valence-corrected chi connectivity index (χ0v) is 14.0. The minimum absolute atomic E-state index is 0.0225. The van der Waals surface area contributed by atoms with E-state index in [0.717, 1.165) is 12.1 Å². The van der Waals surface area contributed by atoms with Crippen LogP contribution in [0.1, 0.15) is 12.0 Å². The van der Waals surface area contributed by atoms with Crippen LogP contribution < -0.4 is 5.32 Å². The highest BCUT2D eigenvalue weighted by Gasteiger charge is 2.17. The lowest BCUT2D eigenvalue weighted by Crippen LogP contribution is -2.18. The number of hydrogen-bond acceptors (Lipinski definition) is 3. The molecule has 0 heterocycles. The summed E-state index contributed by atoms with van der Waals surface area (Å²) in [4.78, 5) is 11.8. The Hall–Kier alpha value is -1.99. The average Bonchev–Trinajstić information content (AvgIpc) is 2.51. The van der Waals surface area contributed by atoms with Crippen molar-refractivity contribution >= 4 is 33.0 Å². The third-order valence-corrected chi connectivity index (χ3v) is 5.09. The summed E-state index contributed by atoms with van der Waals surface area (Å²) in [5, 5.41) is 2.50. The Kier molecular flexibility index (Phi) is 5.90.